The molecule has 0 amide bonds. The van der Waals surface area contributed by atoms with E-state index in [1.54, 1.807) is 0 Å². The highest BCUT2D eigenvalue weighted by Gasteiger charge is 2.09. The zero-order chi connectivity index (χ0) is 9.14. The average Bonchev–Trinajstić information content (AvgIpc) is 2.03. The average molecular weight is 176 g/mol. The van der Waals surface area contributed by atoms with E-state index in [2.05, 4.69) is 4.74 Å². The van der Waals surface area contributed by atoms with Crippen LogP contribution in [0.1, 0.15) is 12.0 Å². The quantitative estimate of drug-likeness (QED) is 0.673. The number of hydrogen-bond donors (Lipinski definition) is 0. The smallest absolute Gasteiger partial charge is 0.264 e. The minimum absolute atomic E-state index is 0.102. The standard InChI is InChI=1S/C8H7F3O/c1-12-7-3-5(8(10)11)2-6(9)4-7/h2-4,8H,1H3. The van der Waals surface area contributed by atoms with Crippen LogP contribution in [0.15, 0.2) is 18.2 Å². The molecule has 0 aromatic heterocycles. The van der Waals surface area contributed by atoms with Crippen molar-refractivity contribution in [2.75, 3.05) is 7.11 Å². The van der Waals surface area contributed by atoms with Crippen LogP contribution in [0.5, 0.6) is 5.75 Å². The van der Waals surface area contributed by atoms with Crippen LogP contribution in [0.25, 0.3) is 0 Å². The second kappa shape index (κ2) is 3.47. The molecule has 4 heteroatoms. The van der Waals surface area contributed by atoms with E-state index in [-0.39, 0.29) is 11.3 Å². The van der Waals surface area contributed by atoms with Crippen molar-refractivity contribution < 1.29 is 17.9 Å². The Balaban J connectivity index is 3.06. The van der Waals surface area contributed by atoms with Crippen LogP contribution in [-0.2, 0) is 0 Å². The molecule has 1 aromatic carbocycles. The molecule has 0 N–H and O–H groups in total. The number of halogens is 3. The summed E-state index contributed by atoms with van der Waals surface area (Å²) in [7, 11) is 1.30. The van der Waals surface area contributed by atoms with Gasteiger partial charge in [0.15, 0.2) is 0 Å². The molecule has 0 unspecified atom stereocenters. The fourth-order valence-corrected chi connectivity index (χ4v) is 0.828. The SMILES string of the molecule is COc1cc(F)cc(C(F)F)c1. The third kappa shape index (κ3) is 1.90. The summed E-state index contributed by atoms with van der Waals surface area (Å²) in [5, 5.41) is 0. The predicted octanol–water partition coefficient (Wildman–Crippen LogP) is 2.77. The van der Waals surface area contributed by atoms with Crippen molar-refractivity contribution >= 4 is 0 Å². The second-order valence-electron chi connectivity index (χ2n) is 2.23. The molecule has 0 aliphatic rings. The number of benzene rings is 1. The third-order valence-electron chi connectivity index (χ3n) is 1.38. The topological polar surface area (TPSA) is 9.23 Å². The minimum atomic E-state index is -2.67. The van der Waals surface area contributed by atoms with E-state index in [9.17, 15) is 13.2 Å². The highest BCUT2D eigenvalue weighted by atomic mass is 19.3. The van der Waals surface area contributed by atoms with Crippen molar-refractivity contribution in [3.05, 3.63) is 29.6 Å². The number of ether oxygens (including phenoxy) is 1. The van der Waals surface area contributed by atoms with E-state index in [4.69, 9.17) is 0 Å². The van der Waals surface area contributed by atoms with Gasteiger partial charge < -0.3 is 4.74 Å². The van der Waals surface area contributed by atoms with Gasteiger partial charge in [0, 0.05) is 11.6 Å². The summed E-state index contributed by atoms with van der Waals surface area (Å²) in [5.74, 6) is -0.616. The van der Waals surface area contributed by atoms with Crippen LogP contribution >= 0.6 is 0 Å². The van der Waals surface area contributed by atoms with E-state index >= 15 is 0 Å². The maximum absolute atomic E-state index is 12.6. The predicted molar refractivity (Wildman–Crippen MR) is 37.9 cm³/mol. The summed E-state index contributed by atoms with van der Waals surface area (Å²) in [6.45, 7) is 0. The summed E-state index contributed by atoms with van der Waals surface area (Å²) < 4.78 is 41.3. The molecule has 0 spiro atoms. The molecule has 0 heterocycles. The Morgan fingerprint density at radius 2 is 1.92 bits per heavy atom. The van der Waals surface area contributed by atoms with Gasteiger partial charge in [0.1, 0.15) is 11.6 Å². The molecular formula is C8H7F3O. The maximum Gasteiger partial charge on any atom is 0.264 e. The van der Waals surface area contributed by atoms with Gasteiger partial charge >= 0.3 is 0 Å². The number of rotatable bonds is 2. The van der Waals surface area contributed by atoms with Crippen LogP contribution in [0.2, 0.25) is 0 Å². The Morgan fingerprint density at radius 3 is 2.42 bits per heavy atom. The summed E-state index contributed by atoms with van der Waals surface area (Å²) >= 11 is 0. The van der Waals surface area contributed by atoms with Crippen LogP contribution in [0, 0.1) is 5.82 Å². The second-order valence-corrected chi connectivity index (χ2v) is 2.23. The van der Waals surface area contributed by atoms with Crippen molar-refractivity contribution in [2.45, 2.75) is 6.43 Å². The van der Waals surface area contributed by atoms with Crippen molar-refractivity contribution in [3.63, 3.8) is 0 Å². The molecule has 12 heavy (non-hydrogen) atoms. The van der Waals surface area contributed by atoms with E-state index in [1.807, 2.05) is 0 Å². The third-order valence-corrected chi connectivity index (χ3v) is 1.38. The first-order valence-electron chi connectivity index (χ1n) is 3.26. The molecule has 1 nitrogen and oxygen atoms in total. The fraction of sp³-hybridized carbons (Fsp3) is 0.250. The number of alkyl halides is 2. The first kappa shape index (κ1) is 8.90. The van der Waals surface area contributed by atoms with E-state index in [0.717, 1.165) is 18.2 Å². The Labute approximate surface area is 67.8 Å². The van der Waals surface area contributed by atoms with Crippen molar-refractivity contribution in [2.24, 2.45) is 0 Å². The van der Waals surface area contributed by atoms with Gasteiger partial charge in [-0.2, -0.15) is 0 Å². The lowest BCUT2D eigenvalue weighted by Crippen LogP contribution is -1.90. The normalized spacial score (nSPS) is 10.4. The Morgan fingerprint density at radius 1 is 1.25 bits per heavy atom. The number of methoxy groups -OCH3 is 1. The zero-order valence-corrected chi connectivity index (χ0v) is 6.35. The molecular weight excluding hydrogens is 169 g/mol. The van der Waals surface area contributed by atoms with Crippen molar-refractivity contribution in [1.82, 2.24) is 0 Å². The summed E-state index contributed by atoms with van der Waals surface area (Å²) in [6.07, 6.45) is -2.67. The monoisotopic (exact) mass is 176 g/mol. The molecule has 0 atom stereocenters. The van der Waals surface area contributed by atoms with Crippen LogP contribution in [0.3, 0.4) is 0 Å². The van der Waals surface area contributed by atoms with Gasteiger partial charge in [0.25, 0.3) is 6.43 Å². The van der Waals surface area contributed by atoms with E-state index in [0.29, 0.717) is 0 Å². The lowest BCUT2D eigenvalue weighted by Gasteiger charge is -2.03. The van der Waals surface area contributed by atoms with Crippen LogP contribution < -0.4 is 4.74 Å². The maximum atomic E-state index is 12.6. The lowest BCUT2D eigenvalue weighted by atomic mass is 10.2. The zero-order valence-electron chi connectivity index (χ0n) is 6.35. The fourth-order valence-electron chi connectivity index (χ4n) is 0.828. The molecule has 66 valence electrons. The molecule has 0 radical (unpaired) electrons. The lowest BCUT2D eigenvalue weighted by molar-refractivity contribution is 0.150. The largest absolute Gasteiger partial charge is 0.497 e. The van der Waals surface area contributed by atoms with Gasteiger partial charge in [0.2, 0.25) is 0 Å². The minimum Gasteiger partial charge on any atom is -0.497 e. The van der Waals surface area contributed by atoms with Gasteiger partial charge in [-0.25, -0.2) is 13.2 Å². The van der Waals surface area contributed by atoms with Crippen LogP contribution in [-0.4, -0.2) is 7.11 Å². The first-order chi connectivity index (χ1) is 5.63. The molecule has 1 aromatic rings. The van der Waals surface area contributed by atoms with Crippen molar-refractivity contribution in [3.8, 4) is 5.75 Å². The van der Waals surface area contributed by atoms with Crippen molar-refractivity contribution in [1.29, 1.82) is 0 Å². The molecule has 0 fully saturated rings. The van der Waals surface area contributed by atoms with E-state index in [1.165, 1.54) is 7.11 Å². The highest BCUT2D eigenvalue weighted by molar-refractivity contribution is 5.30. The number of hydrogen-bond acceptors (Lipinski definition) is 1. The van der Waals surface area contributed by atoms with Crippen LogP contribution in [0.4, 0.5) is 13.2 Å². The molecule has 0 saturated heterocycles. The summed E-state index contributed by atoms with van der Waals surface area (Å²) in [4.78, 5) is 0. The van der Waals surface area contributed by atoms with E-state index < -0.39 is 12.2 Å². The highest BCUT2D eigenvalue weighted by Crippen LogP contribution is 2.24. The van der Waals surface area contributed by atoms with Gasteiger partial charge in [0.05, 0.1) is 7.11 Å². The summed E-state index contributed by atoms with van der Waals surface area (Å²) in [6, 6.07) is 2.94. The summed E-state index contributed by atoms with van der Waals surface area (Å²) in [5.41, 5.74) is -0.369. The molecule has 0 saturated carbocycles. The van der Waals surface area contributed by atoms with Gasteiger partial charge in [-0.15, -0.1) is 0 Å². The Hall–Kier alpha value is -1.19. The van der Waals surface area contributed by atoms with Gasteiger partial charge in [-0.1, -0.05) is 0 Å². The molecule has 1 rings (SSSR count). The molecule has 0 aliphatic carbocycles. The van der Waals surface area contributed by atoms with Gasteiger partial charge in [-0.3, -0.25) is 0 Å². The Kier molecular flexibility index (Phi) is 2.58. The first-order valence-corrected chi connectivity index (χ1v) is 3.26. The Bertz CT molecular complexity index is 273. The van der Waals surface area contributed by atoms with Gasteiger partial charge in [-0.05, 0) is 12.1 Å². The molecule has 0 aliphatic heterocycles. The molecule has 0 bridgehead atoms.